The second kappa shape index (κ2) is 11.5. The molecule has 9 heteroatoms. The number of aliphatic carboxylic acids is 1. The Hall–Kier alpha value is -4.11. The number of hydrogen-bond acceptors (Lipinski definition) is 8. The lowest BCUT2D eigenvalue weighted by Crippen LogP contribution is -2.48. The minimum Gasteiger partial charge on any atom is -0.480 e. The predicted molar refractivity (Wildman–Crippen MR) is 145 cm³/mol. The van der Waals surface area contributed by atoms with Crippen molar-refractivity contribution in [2.75, 3.05) is 6.61 Å². The summed E-state index contributed by atoms with van der Waals surface area (Å²) < 4.78 is 5.23. The second-order valence-electron chi connectivity index (χ2n) is 8.92. The fourth-order valence-corrected chi connectivity index (χ4v) is 5.75. The molecule has 3 aromatic rings. The van der Waals surface area contributed by atoms with Crippen LogP contribution in [-0.2, 0) is 9.53 Å². The van der Waals surface area contributed by atoms with Crippen LogP contribution in [0.1, 0.15) is 74.2 Å². The van der Waals surface area contributed by atoms with Gasteiger partial charge in [0.1, 0.15) is 21.8 Å². The zero-order valence-electron chi connectivity index (χ0n) is 21.3. The Kier molecular flexibility index (Phi) is 8.16. The number of carbonyl (C=O) groups is 4. The van der Waals surface area contributed by atoms with Crippen molar-refractivity contribution >= 4 is 45.7 Å². The average Bonchev–Trinajstić information content (AvgIpc) is 3.25. The Labute approximate surface area is 224 Å². The van der Waals surface area contributed by atoms with Gasteiger partial charge in [0, 0.05) is 23.1 Å². The van der Waals surface area contributed by atoms with E-state index in [9.17, 15) is 24.3 Å². The number of ether oxygens (including phenoxy) is 1. The van der Waals surface area contributed by atoms with Gasteiger partial charge >= 0.3 is 11.9 Å². The van der Waals surface area contributed by atoms with Crippen molar-refractivity contribution in [2.45, 2.75) is 45.7 Å². The number of hydrogen-bond donors (Lipinski definition) is 1. The van der Waals surface area contributed by atoms with E-state index in [0.29, 0.717) is 32.1 Å². The summed E-state index contributed by atoms with van der Waals surface area (Å²) in [7, 11) is 0. The van der Waals surface area contributed by atoms with E-state index >= 15 is 0 Å². The van der Waals surface area contributed by atoms with Crippen molar-refractivity contribution in [1.29, 1.82) is 0 Å². The number of fused-ring (bicyclic) bond motifs is 1. The predicted octanol–water partition coefficient (Wildman–Crippen LogP) is 5.64. The van der Waals surface area contributed by atoms with Gasteiger partial charge in [-0.15, -0.1) is 11.3 Å². The normalized spacial score (nSPS) is 15.3. The number of carboxylic acids is 1. The van der Waals surface area contributed by atoms with Crippen molar-refractivity contribution < 1.29 is 29.0 Å². The molecule has 0 spiro atoms. The van der Waals surface area contributed by atoms with Crippen LogP contribution >= 0.6 is 11.3 Å². The standard InChI is InChI=1S/C29H28N2O6S/c1-4-37-29(36)26-17(2)25-21(15-22(32)19-11-7-5-8-12-19)31(18(3)28(34)35)24(30-27(25)38-26)16-23(33)20-13-9-6-10-14-20/h5-14,18,21H,4,15-16H2,1-3H3,(H,34,35)/t18-,21?/m0/s1. The van der Waals surface area contributed by atoms with Crippen LogP contribution in [0.3, 0.4) is 0 Å². The molecule has 2 heterocycles. The van der Waals surface area contributed by atoms with Gasteiger partial charge in [0.05, 0.1) is 19.1 Å². The van der Waals surface area contributed by atoms with E-state index in [1.807, 2.05) is 6.07 Å². The topological polar surface area (TPSA) is 113 Å². The molecule has 0 fully saturated rings. The van der Waals surface area contributed by atoms with E-state index in [0.717, 1.165) is 11.3 Å². The van der Waals surface area contributed by atoms with Crippen LogP contribution in [0.5, 0.6) is 0 Å². The lowest BCUT2D eigenvalue weighted by molar-refractivity contribution is -0.141. The van der Waals surface area contributed by atoms with E-state index in [1.165, 1.54) is 6.92 Å². The number of thiophene rings is 1. The van der Waals surface area contributed by atoms with E-state index in [2.05, 4.69) is 0 Å². The van der Waals surface area contributed by atoms with Gasteiger partial charge in [0.2, 0.25) is 0 Å². The summed E-state index contributed by atoms with van der Waals surface area (Å²) in [5, 5.41) is 10.5. The van der Waals surface area contributed by atoms with Crippen LogP contribution in [0.15, 0.2) is 65.7 Å². The SMILES string of the molecule is CCOC(=O)c1sc2c(c1C)C(CC(=O)c1ccccc1)N([C@@H](C)C(=O)O)C(CC(=O)c1ccccc1)=N2. The maximum Gasteiger partial charge on any atom is 0.348 e. The smallest absolute Gasteiger partial charge is 0.348 e. The van der Waals surface area contributed by atoms with Crippen molar-refractivity contribution in [2.24, 2.45) is 4.99 Å². The summed E-state index contributed by atoms with van der Waals surface area (Å²) in [4.78, 5) is 58.1. The maximum atomic E-state index is 13.4. The Morgan fingerprint density at radius 3 is 2.13 bits per heavy atom. The van der Waals surface area contributed by atoms with Crippen molar-refractivity contribution in [3.8, 4) is 0 Å². The third-order valence-electron chi connectivity index (χ3n) is 6.50. The van der Waals surface area contributed by atoms with Crippen molar-refractivity contribution in [1.82, 2.24) is 4.90 Å². The molecular formula is C29H28N2O6S. The molecule has 1 aromatic heterocycles. The first-order valence-electron chi connectivity index (χ1n) is 12.3. The minimum absolute atomic E-state index is 0.0625. The summed E-state index contributed by atoms with van der Waals surface area (Å²) in [6.45, 7) is 5.16. The number of esters is 1. The Morgan fingerprint density at radius 2 is 1.58 bits per heavy atom. The fourth-order valence-electron chi connectivity index (χ4n) is 4.60. The number of ketones is 2. The van der Waals surface area contributed by atoms with E-state index in [4.69, 9.17) is 9.73 Å². The fraction of sp³-hybridized carbons (Fsp3) is 0.276. The van der Waals surface area contributed by atoms with Gasteiger partial charge in [-0.1, -0.05) is 60.7 Å². The Morgan fingerprint density at radius 1 is 1.00 bits per heavy atom. The van der Waals surface area contributed by atoms with Crippen molar-refractivity contribution in [3.63, 3.8) is 0 Å². The van der Waals surface area contributed by atoms with Gasteiger partial charge < -0.3 is 14.7 Å². The van der Waals surface area contributed by atoms with E-state index in [-0.39, 0.29) is 36.9 Å². The lowest BCUT2D eigenvalue weighted by atomic mass is 9.91. The number of aliphatic imine (C=N–C) groups is 1. The van der Waals surface area contributed by atoms with E-state index < -0.39 is 24.0 Å². The highest BCUT2D eigenvalue weighted by molar-refractivity contribution is 7.18. The van der Waals surface area contributed by atoms with Gasteiger partial charge in [-0.3, -0.25) is 9.59 Å². The molecule has 8 nitrogen and oxygen atoms in total. The number of carboxylic acid groups (broad SMARTS) is 1. The molecule has 196 valence electrons. The highest BCUT2D eigenvalue weighted by Gasteiger charge is 2.41. The molecule has 2 aromatic carbocycles. The molecular weight excluding hydrogens is 504 g/mol. The van der Waals surface area contributed by atoms with Crippen LogP contribution in [0.4, 0.5) is 5.00 Å². The van der Waals surface area contributed by atoms with Crippen LogP contribution in [0.2, 0.25) is 0 Å². The molecule has 0 saturated carbocycles. The zero-order valence-corrected chi connectivity index (χ0v) is 22.2. The quantitative estimate of drug-likeness (QED) is 0.266. The third-order valence-corrected chi connectivity index (χ3v) is 7.68. The first-order valence-corrected chi connectivity index (χ1v) is 13.1. The summed E-state index contributed by atoms with van der Waals surface area (Å²) in [6, 6.07) is 15.6. The number of benzene rings is 2. The summed E-state index contributed by atoms with van der Waals surface area (Å²) in [6.07, 6.45) is -0.226. The summed E-state index contributed by atoms with van der Waals surface area (Å²) in [5.74, 6) is -1.81. The number of amidine groups is 1. The van der Waals surface area contributed by atoms with E-state index in [1.54, 1.807) is 73.3 Å². The van der Waals surface area contributed by atoms with Gasteiger partial charge in [0.15, 0.2) is 11.6 Å². The van der Waals surface area contributed by atoms with Crippen molar-refractivity contribution in [3.05, 3.63) is 87.8 Å². The number of nitrogens with zero attached hydrogens (tertiary/aromatic N) is 2. The van der Waals surface area contributed by atoms with Gasteiger partial charge in [-0.2, -0.15) is 0 Å². The maximum absolute atomic E-state index is 13.4. The van der Waals surface area contributed by atoms with Crippen LogP contribution < -0.4 is 0 Å². The van der Waals surface area contributed by atoms with Gasteiger partial charge in [-0.05, 0) is 26.3 Å². The molecule has 1 aliphatic heterocycles. The molecule has 0 radical (unpaired) electrons. The highest BCUT2D eigenvalue weighted by Crippen LogP contribution is 2.47. The minimum atomic E-state index is -1.12. The zero-order chi connectivity index (χ0) is 27.4. The lowest BCUT2D eigenvalue weighted by Gasteiger charge is -2.40. The van der Waals surface area contributed by atoms with Crippen LogP contribution in [-0.4, -0.2) is 52.0 Å². The molecule has 0 bridgehead atoms. The molecule has 38 heavy (non-hydrogen) atoms. The van der Waals surface area contributed by atoms with Crippen LogP contribution in [0, 0.1) is 6.92 Å². The number of Topliss-reactive ketones (excluding diaryl/α,β-unsaturated/α-hetero) is 2. The molecule has 1 N–H and O–H groups in total. The highest BCUT2D eigenvalue weighted by atomic mass is 32.1. The van der Waals surface area contributed by atoms with Crippen LogP contribution in [0.25, 0.3) is 0 Å². The number of rotatable bonds is 10. The summed E-state index contributed by atoms with van der Waals surface area (Å²) in [5.41, 5.74) is 2.15. The van der Waals surface area contributed by atoms with Gasteiger partial charge in [0.25, 0.3) is 0 Å². The molecule has 4 rings (SSSR count). The Balaban J connectivity index is 1.85. The number of carbonyl (C=O) groups excluding carboxylic acids is 3. The Bertz CT molecular complexity index is 1400. The van der Waals surface area contributed by atoms with Gasteiger partial charge in [-0.25, -0.2) is 14.6 Å². The first kappa shape index (κ1) is 26.9. The largest absolute Gasteiger partial charge is 0.480 e. The molecule has 0 aliphatic carbocycles. The monoisotopic (exact) mass is 532 g/mol. The first-order chi connectivity index (χ1) is 18.2. The molecule has 1 unspecified atom stereocenters. The molecule has 2 atom stereocenters. The summed E-state index contributed by atoms with van der Waals surface area (Å²) >= 11 is 1.13. The molecule has 0 saturated heterocycles. The molecule has 0 amide bonds. The second-order valence-corrected chi connectivity index (χ2v) is 9.92. The average molecular weight is 533 g/mol. The third kappa shape index (κ3) is 5.43. The molecule has 1 aliphatic rings.